The first-order valence-corrected chi connectivity index (χ1v) is 31.6. The number of para-hydroxylation sites is 2. The molecule has 0 aliphatic heterocycles. The monoisotopic (exact) mass is 2000 g/mol. The number of fused-ring (bicyclic) bond motifs is 6. The maximum atomic E-state index is 6.26. The average Bonchev–Trinajstić information content (AvgIpc) is 1.63. The first kappa shape index (κ1) is 77.2. The zero-order chi connectivity index (χ0) is 65.8. The third-order valence-electron chi connectivity index (χ3n) is 15.3. The minimum atomic E-state index is 0. The standard InChI is InChI=1S/C20H16NO.C17H10NO.C15H16N.2C12H10N.C11H8N.4Ir/c1-13(2)14-7-5-8-15-16-9-6-10-17(20(16)22-19(14)15)18-11-3-4-12-21-18;1-2-10-16-12(6-1)13-7-5-8-14(17(13)19-16)15-9-3-4-11-18-15;1-15(2,3)13-9-10-16-14(11-13)12-7-5-4-6-8-12;1-10-6-5-9-12(13-10)11-7-3-2-4-8-11;1-10-7-8-12(13-9-10)11-5-3-2-4-6-11;1-2-6-10(7-3-1)11-8-4-5-9-12-11;;;;/h3-9,11-13H,1-2H3;1-7,9-11H;4-7,9-11H,1-3H3;2-7,9H,1H3;2-5,7-9H,1H3;1-6,8-9H;;;;/q6*-1;;;;. The molecule has 0 unspecified atom stereocenters. The zero-order valence-electron chi connectivity index (χ0n) is 55.6. The molecule has 12 heteroatoms. The molecule has 99 heavy (non-hydrogen) atoms. The van der Waals surface area contributed by atoms with E-state index >= 15 is 0 Å². The summed E-state index contributed by atoms with van der Waals surface area (Å²) >= 11 is 0. The Hall–Kier alpha value is -9.14. The van der Waals surface area contributed by atoms with Crippen LogP contribution in [-0.4, -0.2) is 29.9 Å². The number of rotatable bonds is 7. The fourth-order valence-corrected chi connectivity index (χ4v) is 10.4. The number of benzene rings is 8. The first-order valence-electron chi connectivity index (χ1n) is 31.6. The van der Waals surface area contributed by atoms with Crippen LogP contribution in [0.4, 0.5) is 0 Å². The van der Waals surface area contributed by atoms with Gasteiger partial charge in [-0.3, -0.25) is 0 Å². The van der Waals surface area contributed by atoms with Crippen LogP contribution in [0.1, 0.15) is 62.9 Å². The summed E-state index contributed by atoms with van der Waals surface area (Å²) in [6, 6.07) is 105. The molecule has 8 aromatic heterocycles. The van der Waals surface area contributed by atoms with Crippen molar-refractivity contribution in [3.8, 4) is 67.5 Å². The van der Waals surface area contributed by atoms with Crippen molar-refractivity contribution < 1.29 is 89.3 Å². The molecule has 0 spiro atoms. The molecule has 0 aliphatic carbocycles. The van der Waals surface area contributed by atoms with Crippen molar-refractivity contribution in [1.29, 1.82) is 0 Å². The SMILES string of the molecule is CC(C)(C)c1ccnc(-c2[c-]cccc2)c1.CC(C)c1cccc2c1oc1c(-c3ccccn3)[c-]ccc12.Cc1ccc(-c2[c-]cccc2)nc1.Cc1cccc(-c2[c-]cccc2)n1.[Ir].[Ir].[Ir].[Ir].[c-]1ccc2c(oc3ccccc32)c1-c1ccccn1.[c-]1ccccc1-c1ccccn1. The summed E-state index contributed by atoms with van der Waals surface area (Å²) in [5, 5.41) is 4.52. The summed E-state index contributed by atoms with van der Waals surface area (Å²) in [5.41, 5.74) is 20.2. The Kier molecular flexibility index (Phi) is 29.9. The predicted octanol–water partition coefficient (Wildman–Crippen LogP) is 22.1. The van der Waals surface area contributed by atoms with Crippen LogP contribution in [0.3, 0.4) is 0 Å². The van der Waals surface area contributed by atoms with Gasteiger partial charge in [0.2, 0.25) is 0 Å². The maximum absolute atomic E-state index is 6.26. The van der Waals surface area contributed by atoms with Crippen LogP contribution in [0.15, 0.2) is 301 Å². The number of pyridine rings is 6. The van der Waals surface area contributed by atoms with Gasteiger partial charge in [-0.05, 0) is 112 Å². The first-order chi connectivity index (χ1) is 46.4. The Morgan fingerprint density at radius 3 is 1.28 bits per heavy atom. The van der Waals surface area contributed by atoms with Gasteiger partial charge in [-0.15, -0.1) is 180 Å². The van der Waals surface area contributed by atoms with E-state index < -0.39 is 0 Å². The van der Waals surface area contributed by atoms with E-state index in [1.807, 2.05) is 239 Å². The van der Waals surface area contributed by atoms with Gasteiger partial charge in [-0.2, -0.15) is 0 Å². The molecular weight excluding hydrogens is 1930 g/mol. The van der Waals surface area contributed by atoms with Crippen LogP contribution in [0.25, 0.3) is 111 Å². The number of hydrogen-bond acceptors (Lipinski definition) is 8. The molecule has 0 saturated carbocycles. The maximum Gasteiger partial charge on any atom is 0.124 e. The molecule has 16 aromatic rings. The van der Waals surface area contributed by atoms with Crippen molar-refractivity contribution in [3.05, 3.63) is 351 Å². The molecule has 0 fully saturated rings. The van der Waals surface area contributed by atoms with Crippen LogP contribution < -0.4 is 0 Å². The minimum Gasteiger partial charge on any atom is -0.501 e. The summed E-state index contributed by atoms with van der Waals surface area (Å²) in [7, 11) is 0. The molecule has 0 aliphatic rings. The third kappa shape index (κ3) is 20.7. The van der Waals surface area contributed by atoms with E-state index in [-0.39, 0.29) is 85.8 Å². The van der Waals surface area contributed by atoms with Crippen LogP contribution in [0.5, 0.6) is 0 Å². The summed E-state index contributed by atoms with van der Waals surface area (Å²) in [6.45, 7) is 15.0. The number of aromatic nitrogens is 6. The van der Waals surface area contributed by atoms with Gasteiger partial charge < -0.3 is 38.7 Å². The molecule has 0 N–H and O–H groups in total. The second-order valence-corrected chi connectivity index (χ2v) is 23.6. The molecule has 0 saturated heterocycles. The van der Waals surface area contributed by atoms with E-state index in [4.69, 9.17) is 8.83 Å². The van der Waals surface area contributed by atoms with Gasteiger partial charge in [0.25, 0.3) is 0 Å². The van der Waals surface area contributed by atoms with Gasteiger partial charge >= 0.3 is 0 Å². The molecule has 0 amide bonds. The van der Waals surface area contributed by atoms with Crippen molar-refractivity contribution in [2.75, 3.05) is 0 Å². The summed E-state index contributed by atoms with van der Waals surface area (Å²) in [6.07, 6.45) is 9.11. The molecular formula is C87H70Ir4N6O2-6. The quantitative estimate of drug-likeness (QED) is 0.145. The van der Waals surface area contributed by atoms with E-state index in [2.05, 4.69) is 149 Å². The van der Waals surface area contributed by atoms with Gasteiger partial charge in [-0.1, -0.05) is 160 Å². The molecule has 0 atom stereocenters. The Labute approximate surface area is 635 Å². The predicted molar refractivity (Wildman–Crippen MR) is 388 cm³/mol. The molecule has 8 aromatic carbocycles. The largest absolute Gasteiger partial charge is 0.501 e. The third-order valence-corrected chi connectivity index (χ3v) is 15.3. The van der Waals surface area contributed by atoms with E-state index in [9.17, 15) is 0 Å². The normalized spacial score (nSPS) is 10.3. The van der Waals surface area contributed by atoms with Crippen molar-refractivity contribution in [3.63, 3.8) is 0 Å². The molecule has 8 heterocycles. The number of aryl methyl sites for hydroxylation is 2. The second-order valence-electron chi connectivity index (χ2n) is 23.6. The summed E-state index contributed by atoms with van der Waals surface area (Å²) in [5.74, 6) is 0.423. The summed E-state index contributed by atoms with van der Waals surface area (Å²) < 4.78 is 12.2. The van der Waals surface area contributed by atoms with E-state index in [1.54, 1.807) is 18.6 Å². The Morgan fingerprint density at radius 2 is 0.788 bits per heavy atom. The average molecular weight is 2000 g/mol. The number of furan rings is 2. The molecule has 502 valence electrons. The van der Waals surface area contributed by atoms with E-state index in [1.165, 1.54) is 16.7 Å². The smallest absolute Gasteiger partial charge is 0.124 e. The fourth-order valence-electron chi connectivity index (χ4n) is 10.4. The van der Waals surface area contributed by atoms with Crippen molar-refractivity contribution in [2.45, 2.75) is 59.8 Å². The van der Waals surface area contributed by atoms with Gasteiger partial charge in [0.05, 0.1) is 11.2 Å². The summed E-state index contributed by atoms with van der Waals surface area (Å²) in [4.78, 5) is 26.2. The van der Waals surface area contributed by atoms with Gasteiger partial charge in [-0.25, -0.2) is 0 Å². The topological polar surface area (TPSA) is 104 Å². The van der Waals surface area contributed by atoms with E-state index in [0.717, 1.165) is 117 Å². The van der Waals surface area contributed by atoms with Gasteiger partial charge in [0, 0.05) is 128 Å². The van der Waals surface area contributed by atoms with Crippen LogP contribution >= 0.6 is 0 Å². The Morgan fingerprint density at radius 1 is 0.343 bits per heavy atom. The van der Waals surface area contributed by atoms with Crippen molar-refractivity contribution >= 4 is 43.9 Å². The van der Waals surface area contributed by atoms with Crippen LogP contribution in [0, 0.1) is 50.2 Å². The fraction of sp³-hybridized carbons (Fsp3) is 0.103. The van der Waals surface area contributed by atoms with Crippen molar-refractivity contribution in [2.24, 2.45) is 0 Å². The van der Waals surface area contributed by atoms with Crippen molar-refractivity contribution in [1.82, 2.24) is 29.9 Å². The zero-order valence-corrected chi connectivity index (χ0v) is 65.2. The van der Waals surface area contributed by atoms with Crippen LogP contribution in [0.2, 0.25) is 0 Å². The van der Waals surface area contributed by atoms with Crippen LogP contribution in [-0.2, 0) is 85.8 Å². The number of nitrogens with zero attached hydrogens (tertiary/aromatic N) is 6. The number of hydrogen-bond donors (Lipinski definition) is 0. The Bertz CT molecular complexity index is 4990. The molecule has 8 nitrogen and oxygen atoms in total. The molecule has 4 radical (unpaired) electrons. The Balaban J connectivity index is 0.000000168. The van der Waals surface area contributed by atoms with E-state index in [0.29, 0.717) is 5.92 Å². The second kappa shape index (κ2) is 38.3. The van der Waals surface area contributed by atoms with Gasteiger partial charge in [0.1, 0.15) is 11.2 Å². The molecule has 16 rings (SSSR count). The minimum absolute atomic E-state index is 0. The molecule has 0 bridgehead atoms. The van der Waals surface area contributed by atoms with Gasteiger partial charge in [0.15, 0.2) is 0 Å².